The Morgan fingerprint density at radius 3 is 2.59 bits per heavy atom. The standard InChI is InChI=1S/C22H20N2O2S/c1-26-18-9-6-15(7-10-18)13-23-14-17-12-16(8-11-20(17)25)22-24-19-4-2-3-5-21(19)27-22/h2-12,23,25H,13-14H2,1H3. The molecule has 136 valence electrons. The van der Waals surface area contributed by atoms with Crippen molar-refractivity contribution in [2.45, 2.75) is 13.1 Å². The summed E-state index contributed by atoms with van der Waals surface area (Å²) in [7, 11) is 1.66. The van der Waals surface area contributed by atoms with E-state index in [1.807, 2.05) is 54.6 Å². The summed E-state index contributed by atoms with van der Waals surface area (Å²) in [5, 5.41) is 14.6. The molecular weight excluding hydrogens is 356 g/mol. The van der Waals surface area contributed by atoms with Gasteiger partial charge in [-0.05, 0) is 48.0 Å². The molecule has 0 bridgehead atoms. The second kappa shape index (κ2) is 7.78. The number of para-hydroxylation sites is 1. The third-order valence-electron chi connectivity index (χ3n) is 4.42. The van der Waals surface area contributed by atoms with Gasteiger partial charge in [-0.15, -0.1) is 11.3 Å². The number of benzene rings is 3. The minimum atomic E-state index is 0.294. The van der Waals surface area contributed by atoms with Crippen LogP contribution in [0.3, 0.4) is 0 Å². The number of ether oxygens (including phenoxy) is 1. The van der Waals surface area contributed by atoms with Crippen LogP contribution in [-0.2, 0) is 13.1 Å². The maximum Gasteiger partial charge on any atom is 0.124 e. The molecule has 5 heteroatoms. The number of aromatic hydroxyl groups is 1. The van der Waals surface area contributed by atoms with E-state index in [0.717, 1.165) is 39.5 Å². The van der Waals surface area contributed by atoms with Crippen molar-refractivity contribution in [1.82, 2.24) is 10.3 Å². The van der Waals surface area contributed by atoms with Gasteiger partial charge >= 0.3 is 0 Å². The fourth-order valence-corrected chi connectivity index (χ4v) is 3.90. The molecule has 0 aliphatic carbocycles. The predicted octanol–water partition coefficient (Wildman–Crippen LogP) is 4.97. The molecule has 1 aromatic heterocycles. The number of rotatable bonds is 6. The van der Waals surface area contributed by atoms with Gasteiger partial charge in [0.15, 0.2) is 0 Å². The fourth-order valence-electron chi connectivity index (χ4n) is 2.94. The van der Waals surface area contributed by atoms with Gasteiger partial charge in [0.1, 0.15) is 16.5 Å². The van der Waals surface area contributed by atoms with E-state index >= 15 is 0 Å². The molecule has 2 N–H and O–H groups in total. The number of nitrogens with one attached hydrogen (secondary N) is 1. The zero-order valence-corrected chi connectivity index (χ0v) is 15.8. The van der Waals surface area contributed by atoms with Crippen LogP contribution in [-0.4, -0.2) is 17.2 Å². The molecule has 0 amide bonds. The van der Waals surface area contributed by atoms with Crippen LogP contribution >= 0.6 is 11.3 Å². The molecule has 4 nitrogen and oxygen atoms in total. The molecule has 4 rings (SSSR count). The van der Waals surface area contributed by atoms with E-state index in [9.17, 15) is 5.11 Å². The highest BCUT2D eigenvalue weighted by Gasteiger charge is 2.09. The third kappa shape index (κ3) is 3.94. The van der Waals surface area contributed by atoms with Crippen LogP contribution in [0, 0.1) is 0 Å². The number of phenols is 1. The molecule has 1 heterocycles. The van der Waals surface area contributed by atoms with E-state index in [0.29, 0.717) is 12.3 Å². The van der Waals surface area contributed by atoms with Crippen molar-refractivity contribution in [2.24, 2.45) is 0 Å². The Morgan fingerprint density at radius 1 is 1.00 bits per heavy atom. The summed E-state index contributed by atoms with van der Waals surface area (Å²) in [6.07, 6.45) is 0. The van der Waals surface area contributed by atoms with Gasteiger partial charge in [0, 0.05) is 24.2 Å². The van der Waals surface area contributed by atoms with E-state index in [1.165, 1.54) is 4.70 Å². The number of nitrogens with zero attached hydrogens (tertiary/aromatic N) is 1. The first kappa shape index (κ1) is 17.5. The molecular formula is C22H20N2O2S. The summed E-state index contributed by atoms with van der Waals surface area (Å²) < 4.78 is 6.34. The highest BCUT2D eigenvalue weighted by molar-refractivity contribution is 7.21. The van der Waals surface area contributed by atoms with Crippen molar-refractivity contribution in [3.8, 4) is 22.1 Å². The molecule has 0 radical (unpaired) electrons. The SMILES string of the molecule is COc1ccc(CNCc2cc(-c3nc4ccccc4s3)ccc2O)cc1. The topological polar surface area (TPSA) is 54.4 Å². The van der Waals surface area contributed by atoms with Crippen LogP contribution in [0.2, 0.25) is 0 Å². The van der Waals surface area contributed by atoms with Gasteiger partial charge in [-0.3, -0.25) is 0 Å². The lowest BCUT2D eigenvalue weighted by Gasteiger charge is -2.09. The smallest absolute Gasteiger partial charge is 0.124 e. The average Bonchev–Trinajstić information content (AvgIpc) is 3.14. The molecule has 3 aromatic carbocycles. The predicted molar refractivity (Wildman–Crippen MR) is 110 cm³/mol. The average molecular weight is 376 g/mol. The number of hydrogen-bond acceptors (Lipinski definition) is 5. The number of thiazole rings is 1. The van der Waals surface area contributed by atoms with Crippen LogP contribution in [0.4, 0.5) is 0 Å². The Bertz CT molecular complexity index is 1020. The monoisotopic (exact) mass is 376 g/mol. The van der Waals surface area contributed by atoms with E-state index < -0.39 is 0 Å². The minimum absolute atomic E-state index is 0.294. The van der Waals surface area contributed by atoms with Crippen LogP contribution < -0.4 is 10.1 Å². The molecule has 0 saturated heterocycles. The lowest BCUT2D eigenvalue weighted by molar-refractivity contribution is 0.414. The van der Waals surface area contributed by atoms with Crippen molar-refractivity contribution >= 4 is 21.6 Å². The second-order valence-electron chi connectivity index (χ2n) is 6.28. The van der Waals surface area contributed by atoms with Crippen LogP contribution in [0.15, 0.2) is 66.7 Å². The van der Waals surface area contributed by atoms with Gasteiger partial charge in [0.05, 0.1) is 17.3 Å². The lowest BCUT2D eigenvalue weighted by atomic mass is 10.1. The number of methoxy groups -OCH3 is 1. The first-order valence-corrected chi connectivity index (χ1v) is 9.56. The van der Waals surface area contributed by atoms with Crippen LogP contribution in [0.25, 0.3) is 20.8 Å². The van der Waals surface area contributed by atoms with Gasteiger partial charge in [-0.25, -0.2) is 4.98 Å². The van der Waals surface area contributed by atoms with Crippen LogP contribution in [0.5, 0.6) is 11.5 Å². The molecule has 0 aliphatic rings. The summed E-state index contributed by atoms with van der Waals surface area (Å²) in [6, 6.07) is 21.7. The highest BCUT2D eigenvalue weighted by Crippen LogP contribution is 2.32. The second-order valence-corrected chi connectivity index (χ2v) is 7.31. The number of fused-ring (bicyclic) bond motifs is 1. The lowest BCUT2D eigenvalue weighted by Crippen LogP contribution is -2.12. The highest BCUT2D eigenvalue weighted by atomic mass is 32.1. The van der Waals surface area contributed by atoms with Crippen molar-refractivity contribution < 1.29 is 9.84 Å². The van der Waals surface area contributed by atoms with Gasteiger partial charge in [-0.1, -0.05) is 24.3 Å². The van der Waals surface area contributed by atoms with E-state index in [2.05, 4.69) is 11.4 Å². The van der Waals surface area contributed by atoms with Gasteiger partial charge in [-0.2, -0.15) is 0 Å². The maximum atomic E-state index is 10.2. The molecule has 4 aromatic rings. The normalized spacial score (nSPS) is 11.0. The fraction of sp³-hybridized carbons (Fsp3) is 0.136. The van der Waals surface area contributed by atoms with Crippen molar-refractivity contribution in [2.75, 3.05) is 7.11 Å². The third-order valence-corrected chi connectivity index (χ3v) is 5.51. The van der Waals surface area contributed by atoms with Crippen molar-refractivity contribution in [3.63, 3.8) is 0 Å². The van der Waals surface area contributed by atoms with E-state index in [1.54, 1.807) is 24.5 Å². The summed E-state index contributed by atoms with van der Waals surface area (Å²) in [4.78, 5) is 4.70. The Hall–Kier alpha value is -2.89. The molecule has 0 saturated carbocycles. The Balaban J connectivity index is 1.48. The number of phenolic OH excluding ortho intramolecular Hbond substituents is 1. The largest absolute Gasteiger partial charge is 0.508 e. The van der Waals surface area contributed by atoms with Gasteiger partial charge in [0.2, 0.25) is 0 Å². The quantitative estimate of drug-likeness (QED) is 0.499. The Morgan fingerprint density at radius 2 is 1.81 bits per heavy atom. The summed E-state index contributed by atoms with van der Waals surface area (Å²) in [5.74, 6) is 1.14. The minimum Gasteiger partial charge on any atom is -0.508 e. The molecule has 27 heavy (non-hydrogen) atoms. The Labute approximate surface area is 162 Å². The first-order valence-electron chi connectivity index (χ1n) is 8.74. The van der Waals surface area contributed by atoms with Crippen LogP contribution in [0.1, 0.15) is 11.1 Å². The molecule has 0 aliphatic heterocycles. The van der Waals surface area contributed by atoms with E-state index in [4.69, 9.17) is 9.72 Å². The Kier molecular flexibility index (Phi) is 5.05. The van der Waals surface area contributed by atoms with Crippen molar-refractivity contribution in [1.29, 1.82) is 0 Å². The molecule has 0 fully saturated rings. The maximum absolute atomic E-state index is 10.2. The first-order chi connectivity index (χ1) is 13.2. The summed E-state index contributed by atoms with van der Waals surface area (Å²) >= 11 is 1.66. The van der Waals surface area contributed by atoms with Crippen molar-refractivity contribution in [3.05, 3.63) is 77.9 Å². The zero-order valence-electron chi connectivity index (χ0n) is 15.0. The number of hydrogen-bond donors (Lipinski definition) is 2. The van der Waals surface area contributed by atoms with E-state index in [-0.39, 0.29) is 0 Å². The molecule has 0 unspecified atom stereocenters. The van der Waals surface area contributed by atoms with Gasteiger partial charge in [0.25, 0.3) is 0 Å². The van der Waals surface area contributed by atoms with Gasteiger partial charge < -0.3 is 15.2 Å². The summed E-state index contributed by atoms with van der Waals surface area (Å²) in [6.45, 7) is 1.30. The molecule has 0 spiro atoms. The number of aromatic nitrogens is 1. The molecule has 0 atom stereocenters. The zero-order chi connectivity index (χ0) is 18.6. The summed E-state index contributed by atoms with van der Waals surface area (Å²) in [5.41, 5.74) is 4.05.